The number of thiophene rings is 1. The number of methoxy groups -OCH3 is 1. The number of sulfonamides is 1. The summed E-state index contributed by atoms with van der Waals surface area (Å²) in [5.41, 5.74) is 2.97. The fraction of sp³-hybridized carbons (Fsp3) is 0.528. The fourth-order valence-electron chi connectivity index (χ4n) is 6.79. The number of nitrogens with one attached hydrogen (secondary N) is 1. The highest BCUT2D eigenvalue weighted by molar-refractivity contribution is 7.89. The Hall–Kier alpha value is -2.76. The summed E-state index contributed by atoms with van der Waals surface area (Å²) in [6.07, 6.45) is 5.75. The second-order valence-corrected chi connectivity index (χ2v) is 15.5. The van der Waals surface area contributed by atoms with Gasteiger partial charge in [-0.15, -0.1) is 11.3 Å². The molecule has 1 fully saturated rings. The minimum Gasteiger partial charge on any atom is -0.496 e. The molecule has 1 aliphatic rings. The summed E-state index contributed by atoms with van der Waals surface area (Å²) in [5, 5.41) is 5.17. The van der Waals surface area contributed by atoms with Crippen LogP contribution in [0.4, 0.5) is 0 Å². The van der Waals surface area contributed by atoms with Gasteiger partial charge in [0.15, 0.2) is 0 Å². The number of nitrogens with zero attached hydrogens (tertiary/aromatic N) is 2. The molecule has 1 unspecified atom stereocenters. The monoisotopic (exact) mass is 669 g/mol. The van der Waals surface area contributed by atoms with Crippen molar-refractivity contribution in [1.29, 1.82) is 0 Å². The van der Waals surface area contributed by atoms with E-state index in [-0.39, 0.29) is 37.1 Å². The van der Waals surface area contributed by atoms with Crippen molar-refractivity contribution >= 4 is 27.3 Å². The molecule has 1 aliphatic carbocycles. The Morgan fingerprint density at radius 1 is 1.02 bits per heavy atom. The van der Waals surface area contributed by atoms with Crippen LogP contribution in [0.2, 0.25) is 0 Å². The molecule has 8 nitrogen and oxygen atoms in total. The molecule has 1 atom stereocenters. The number of rotatable bonds is 16. The SMILES string of the molecule is COc1cc(C)c(S(=O)(=O)N(CCOCC(=O)NCCC2CCC(C(c3cccs3)N(C)C)CC2)Cc2ccccc2)c(C)c1C. The van der Waals surface area contributed by atoms with Crippen LogP contribution >= 0.6 is 11.3 Å². The van der Waals surface area contributed by atoms with Crippen LogP contribution in [0.25, 0.3) is 0 Å². The second kappa shape index (κ2) is 16.9. The average Bonchev–Trinajstić information content (AvgIpc) is 3.56. The van der Waals surface area contributed by atoms with Gasteiger partial charge in [-0.1, -0.05) is 49.2 Å². The second-order valence-electron chi connectivity index (χ2n) is 12.7. The van der Waals surface area contributed by atoms with Gasteiger partial charge in [0.25, 0.3) is 0 Å². The Labute approximate surface area is 280 Å². The minimum absolute atomic E-state index is 0.100. The van der Waals surface area contributed by atoms with E-state index < -0.39 is 10.0 Å². The van der Waals surface area contributed by atoms with Crippen LogP contribution in [0.5, 0.6) is 5.75 Å². The molecule has 46 heavy (non-hydrogen) atoms. The molecule has 0 spiro atoms. The van der Waals surface area contributed by atoms with Crippen LogP contribution in [-0.4, -0.2) is 71.0 Å². The molecule has 2 aromatic carbocycles. The molecule has 252 valence electrons. The molecule has 1 heterocycles. The molecule has 1 amide bonds. The first-order valence-corrected chi connectivity index (χ1v) is 18.6. The Balaban J connectivity index is 1.26. The molecule has 0 bridgehead atoms. The van der Waals surface area contributed by atoms with Crippen LogP contribution in [0.1, 0.15) is 65.3 Å². The van der Waals surface area contributed by atoms with E-state index in [4.69, 9.17) is 9.47 Å². The Kier molecular flexibility index (Phi) is 13.2. The van der Waals surface area contributed by atoms with E-state index in [1.165, 1.54) is 34.9 Å². The highest BCUT2D eigenvalue weighted by atomic mass is 32.2. The van der Waals surface area contributed by atoms with E-state index in [1.807, 2.05) is 55.5 Å². The summed E-state index contributed by atoms with van der Waals surface area (Å²) in [5.74, 6) is 1.78. The van der Waals surface area contributed by atoms with Crippen molar-refractivity contribution in [2.75, 3.05) is 47.5 Å². The van der Waals surface area contributed by atoms with Gasteiger partial charge in [-0.05, 0) is 106 Å². The maximum Gasteiger partial charge on any atom is 0.245 e. The molecule has 4 rings (SSSR count). The van der Waals surface area contributed by atoms with Gasteiger partial charge in [-0.2, -0.15) is 4.31 Å². The van der Waals surface area contributed by atoms with E-state index in [2.05, 4.69) is 41.8 Å². The lowest BCUT2D eigenvalue weighted by Gasteiger charge is -2.37. The zero-order chi connectivity index (χ0) is 33.3. The van der Waals surface area contributed by atoms with Gasteiger partial charge in [0.2, 0.25) is 15.9 Å². The summed E-state index contributed by atoms with van der Waals surface area (Å²) < 4.78 is 40.7. The van der Waals surface area contributed by atoms with Gasteiger partial charge in [0, 0.05) is 30.6 Å². The number of aryl methyl sites for hydroxylation is 1. The van der Waals surface area contributed by atoms with Crippen molar-refractivity contribution in [1.82, 2.24) is 14.5 Å². The topological polar surface area (TPSA) is 88.2 Å². The van der Waals surface area contributed by atoms with E-state index in [9.17, 15) is 13.2 Å². The molecule has 0 saturated heterocycles. The first-order valence-electron chi connectivity index (χ1n) is 16.3. The van der Waals surface area contributed by atoms with Crippen molar-refractivity contribution in [2.45, 2.75) is 70.4 Å². The molecule has 1 saturated carbocycles. The summed E-state index contributed by atoms with van der Waals surface area (Å²) in [7, 11) is 2.08. The first-order chi connectivity index (χ1) is 22.0. The standard InChI is InChI=1S/C36H51N3O5S2/c1-26-23-32(43-6)27(2)28(3)36(26)46(41,42)39(24-30-11-8-7-9-12-30)20-21-44-25-34(40)37-19-18-29-14-16-31(17-15-29)35(38(4)5)33-13-10-22-45-33/h7-13,22-23,29,31,35H,14-21,24-25H2,1-6H3,(H,37,40). The first kappa shape index (κ1) is 36.1. The molecule has 1 N–H and O–H groups in total. The van der Waals surface area contributed by atoms with Gasteiger partial charge in [-0.3, -0.25) is 4.79 Å². The number of hydrogen-bond acceptors (Lipinski definition) is 7. The van der Waals surface area contributed by atoms with E-state index in [0.717, 1.165) is 17.5 Å². The lowest BCUT2D eigenvalue weighted by atomic mass is 9.76. The predicted molar refractivity (Wildman–Crippen MR) is 186 cm³/mol. The van der Waals surface area contributed by atoms with Crippen molar-refractivity contribution in [3.63, 3.8) is 0 Å². The third-order valence-electron chi connectivity index (χ3n) is 9.32. The van der Waals surface area contributed by atoms with Gasteiger partial charge in [0.1, 0.15) is 12.4 Å². The Morgan fingerprint density at radius 3 is 2.37 bits per heavy atom. The number of hydrogen-bond donors (Lipinski definition) is 1. The van der Waals surface area contributed by atoms with Crippen LogP contribution < -0.4 is 10.1 Å². The van der Waals surface area contributed by atoms with Crippen molar-refractivity contribution in [3.8, 4) is 5.75 Å². The number of carbonyl (C=O) groups excluding carboxylic acids is 1. The molecule has 0 aliphatic heterocycles. The van der Waals surface area contributed by atoms with Crippen LogP contribution in [0, 0.1) is 32.6 Å². The van der Waals surface area contributed by atoms with Crippen molar-refractivity contribution in [2.24, 2.45) is 11.8 Å². The highest BCUT2D eigenvalue weighted by Crippen LogP contribution is 2.41. The quantitative estimate of drug-likeness (QED) is 0.175. The number of amides is 1. The lowest BCUT2D eigenvalue weighted by Crippen LogP contribution is -2.36. The predicted octanol–water partition coefficient (Wildman–Crippen LogP) is 6.51. The van der Waals surface area contributed by atoms with Crippen LogP contribution in [0.15, 0.2) is 58.8 Å². The van der Waals surface area contributed by atoms with Gasteiger partial charge in [-0.25, -0.2) is 8.42 Å². The summed E-state index contributed by atoms with van der Waals surface area (Å²) >= 11 is 1.85. The molecule has 10 heteroatoms. The van der Waals surface area contributed by atoms with E-state index >= 15 is 0 Å². The third kappa shape index (κ3) is 9.19. The summed E-state index contributed by atoms with van der Waals surface area (Å²) in [6, 6.07) is 16.2. The lowest BCUT2D eigenvalue weighted by molar-refractivity contribution is -0.125. The third-order valence-corrected chi connectivity index (χ3v) is 12.4. The Bertz CT molecular complexity index is 1500. The Morgan fingerprint density at radius 2 is 1.74 bits per heavy atom. The molecule has 3 aromatic rings. The number of benzene rings is 2. The van der Waals surface area contributed by atoms with Crippen LogP contribution in [-0.2, 0) is 26.1 Å². The fourth-order valence-corrected chi connectivity index (χ4v) is 9.70. The smallest absolute Gasteiger partial charge is 0.245 e. The zero-order valence-electron chi connectivity index (χ0n) is 28.3. The van der Waals surface area contributed by atoms with Gasteiger partial charge < -0.3 is 19.7 Å². The van der Waals surface area contributed by atoms with E-state index in [0.29, 0.717) is 41.3 Å². The average molecular weight is 670 g/mol. The number of ether oxygens (including phenoxy) is 2. The molecule has 1 aromatic heterocycles. The number of carbonyl (C=O) groups is 1. The highest BCUT2D eigenvalue weighted by Gasteiger charge is 2.31. The molecular weight excluding hydrogens is 619 g/mol. The van der Waals surface area contributed by atoms with Crippen LogP contribution in [0.3, 0.4) is 0 Å². The van der Waals surface area contributed by atoms with Gasteiger partial charge >= 0.3 is 0 Å². The molecule has 0 radical (unpaired) electrons. The van der Waals surface area contributed by atoms with Crippen molar-refractivity contribution in [3.05, 3.63) is 81.0 Å². The normalized spacial score (nSPS) is 17.7. The summed E-state index contributed by atoms with van der Waals surface area (Å²) in [4.78, 5) is 16.7. The largest absolute Gasteiger partial charge is 0.496 e. The minimum atomic E-state index is -3.87. The van der Waals surface area contributed by atoms with Crippen molar-refractivity contribution < 1.29 is 22.7 Å². The van der Waals surface area contributed by atoms with E-state index in [1.54, 1.807) is 20.1 Å². The maximum absolute atomic E-state index is 14.0. The summed E-state index contributed by atoms with van der Waals surface area (Å²) in [6.45, 7) is 6.43. The zero-order valence-corrected chi connectivity index (χ0v) is 29.9. The maximum atomic E-state index is 14.0. The molecular formula is C36H51N3O5S2. The van der Waals surface area contributed by atoms with Gasteiger partial charge in [0.05, 0.1) is 18.6 Å².